The second kappa shape index (κ2) is 6.07. The van der Waals surface area contributed by atoms with E-state index < -0.39 is 24.8 Å². The Bertz CT molecular complexity index is 761. The van der Waals surface area contributed by atoms with Crippen molar-refractivity contribution < 1.29 is 22.7 Å². The number of amides is 1. The van der Waals surface area contributed by atoms with Gasteiger partial charge in [0.2, 0.25) is 0 Å². The van der Waals surface area contributed by atoms with Crippen molar-refractivity contribution in [3.8, 4) is 5.75 Å². The first-order valence-electron chi connectivity index (χ1n) is 7.26. The zero-order chi connectivity index (χ0) is 17.3. The molecule has 126 valence electrons. The summed E-state index contributed by atoms with van der Waals surface area (Å²) in [6.45, 7) is -1.34. The molecule has 1 atom stereocenters. The van der Waals surface area contributed by atoms with Crippen molar-refractivity contribution in [2.45, 2.75) is 12.3 Å². The first-order chi connectivity index (χ1) is 11.4. The largest absolute Gasteiger partial charge is 0.497 e. The van der Waals surface area contributed by atoms with Gasteiger partial charge in [-0.3, -0.25) is 4.79 Å². The molecule has 2 aromatic carbocycles. The van der Waals surface area contributed by atoms with Gasteiger partial charge in [0, 0.05) is 5.69 Å². The molecule has 2 aromatic rings. The molecule has 1 amide bonds. The van der Waals surface area contributed by atoms with E-state index in [1.807, 2.05) is 0 Å². The molecule has 0 spiro atoms. The van der Waals surface area contributed by atoms with Crippen molar-refractivity contribution in [2.75, 3.05) is 19.0 Å². The van der Waals surface area contributed by atoms with E-state index in [0.717, 1.165) is 4.90 Å². The fourth-order valence-electron chi connectivity index (χ4n) is 2.72. The van der Waals surface area contributed by atoms with E-state index >= 15 is 0 Å². The molecule has 0 saturated carbocycles. The van der Waals surface area contributed by atoms with Crippen LogP contribution in [0.4, 0.5) is 18.9 Å². The van der Waals surface area contributed by atoms with Gasteiger partial charge in [-0.25, -0.2) is 0 Å². The minimum Gasteiger partial charge on any atom is -0.497 e. The molecule has 0 radical (unpaired) electrons. The maximum Gasteiger partial charge on any atom is 0.406 e. The number of rotatable bonds is 3. The van der Waals surface area contributed by atoms with Gasteiger partial charge in [0.05, 0.1) is 12.7 Å². The summed E-state index contributed by atoms with van der Waals surface area (Å²) in [6, 6.07) is 13.2. The summed E-state index contributed by atoms with van der Waals surface area (Å²) >= 11 is 0. The molecule has 0 aliphatic carbocycles. The highest BCUT2D eigenvalue weighted by Crippen LogP contribution is 2.35. The van der Waals surface area contributed by atoms with Crippen LogP contribution >= 0.6 is 0 Å². The molecule has 1 aliphatic rings. The van der Waals surface area contributed by atoms with Crippen LogP contribution in [0, 0.1) is 0 Å². The van der Waals surface area contributed by atoms with Crippen LogP contribution in [0.15, 0.2) is 48.5 Å². The Morgan fingerprint density at radius 2 is 1.92 bits per heavy atom. The molecular weight excluding hydrogens is 321 g/mol. The van der Waals surface area contributed by atoms with Gasteiger partial charge in [0.1, 0.15) is 18.5 Å². The second-order valence-electron chi connectivity index (χ2n) is 5.42. The Labute approximate surface area is 136 Å². The smallest absolute Gasteiger partial charge is 0.406 e. The lowest BCUT2D eigenvalue weighted by Gasteiger charge is -2.38. The molecule has 4 nitrogen and oxygen atoms in total. The van der Waals surface area contributed by atoms with Gasteiger partial charge in [0.25, 0.3) is 5.91 Å². The molecule has 0 saturated heterocycles. The van der Waals surface area contributed by atoms with Gasteiger partial charge in [-0.05, 0) is 29.8 Å². The Morgan fingerprint density at radius 3 is 2.62 bits per heavy atom. The number of hydrogen-bond donors (Lipinski definition) is 1. The van der Waals surface area contributed by atoms with Crippen LogP contribution in [0.5, 0.6) is 5.75 Å². The molecule has 0 bridgehead atoms. The molecule has 1 heterocycles. The Morgan fingerprint density at radius 1 is 1.17 bits per heavy atom. The molecule has 1 unspecified atom stereocenters. The monoisotopic (exact) mass is 336 g/mol. The molecule has 1 aliphatic heterocycles. The number of nitrogens with zero attached hydrogens (tertiary/aromatic N) is 1. The van der Waals surface area contributed by atoms with Crippen molar-refractivity contribution >= 4 is 11.6 Å². The summed E-state index contributed by atoms with van der Waals surface area (Å²) in [4.78, 5) is 13.4. The molecule has 1 N–H and O–H groups in total. The highest BCUT2D eigenvalue weighted by Gasteiger charge is 2.40. The van der Waals surface area contributed by atoms with E-state index in [-0.39, 0.29) is 5.56 Å². The SMILES string of the molecule is COc1cccc(C2Nc3ccccc3C(=O)N2CC(F)(F)F)c1. The van der Waals surface area contributed by atoms with Crippen LogP contribution in [-0.2, 0) is 0 Å². The summed E-state index contributed by atoms with van der Waals surface area (Å²) in [7, 11) is 1.47. The maximum absolute atomic E-state index is 13.0. The van der Waals surface area contributed by atoms with Gasteiger partial charge in [-0.1, -0.05) is 24.3 Å². The summed E-state index contributed by atoms with van der Waals surface area (Å²) < 4.78 is 44.1. The molecule has 7 heteroatoms. The van der Waals surface area contributed by atoms with E-state index in [1.54, 1.807) is 42.5 Å². The summed E-state index contributed by atoms with van der Waals surface area (Å²) in [5.41, 5.74) is 1.25. The molecule has 24 heavy (non-hydrogen) atoms. The zero-order valence-electron chi connectivity index (χ0n) is 12.8. The third-order valence-corrected chi connectivity index (χ3v) is 3.78. The number of para-hydroxylation sites is 1. The minimum atomic E-state index is -4.50. The molecule has 0 fully saturated rings. The predicted octanol–water partition coefficient (Wildman–Crippen LogP) is 3.82. The van der Waals surface area contributed by atoms with Crippen molar-refractivity contribution in [3.05, 3.63) is 59.7 Å². The number of fused-ring (bicyclic) bond motifs is 1. The van der Waals surface area contributed by atoms with Crippen molar-refractivity contribution in [2.24, 2.45) is 0 Å². The lowest BCUT2D eigenvalue weighted by Crippen LogP contribution is -2.47. The molecular formula is C17H15F3N2O2. The third kappa shape index (κ3) is 3.15. The van der Waals surface area contributed by atoms with Gasteiger partial charge in [0.15, 0.2) is 0 Å². The Kier molecular flexibility index (Phi) is 4.09. The van der Waals surface area contributed by atoms with E-state index in [4.69, 9.17) is 4.74 Å². The number of ether oxygens (including phenoxy) is 1. The van der Waals surface area contributed by atoms with Gasteiger partial charge in [-0.15, -0.1) is 0 Å². The predicted molar refractivity (Wildman–Crippen MR) is 82.9 cm³/mol. The fourth-order valence-corrected chi connectivity index (χ4v) is 2.72. The Balaban J connectivity index is 2.05. The number of alkyl halides is 3. The zero-order valence-corrected chi connectivity index (χ0v) is 12.8. The second-order valence-corrected chi connectivity index (χ2v) is 5.42. The maximum atomic E-state index is 13.0. The van der Waals surface area contributed by atoms with Crippen molar-refractivity contribution in [1.29, 1.82) is 0 Å². The number of halogens is 3. The van der Waals surface area contributed by atoms with Crippen molar-refractivity contribution in [1.82, 2.24) is 4.90 Å². The van der Waals surface area contributed by atoms with Crippen LogP contribution in [-0.4, -0.2) is 30.6 Å². The van der Waals surface area contributed by atoms with Crippen molar-refractivity contribution in [3.63, 3.8) is 0 Å². The minimum absolute atomic E-state index is 0.223. The standard InChI is InChI=1S/C17H15F3N2O2/c1-24-12-6-4-5-11(9-12)15-21-14-8-3-2-7-13(14)16(23)22(15)10-17(18,19)20/h2-9,15,21H,10H2,1H3. The average Bonchev–Trinajstić information content (AvgIpc) is 2.56. The summed E-state index contributed by atoms with van der Waals surface area (Å²) in [5.74, 6) is -0.151. The third-order valence-electron chi connectivity index (χ3n) is 3.78. The topological polar surface area (TPSA) is 41.6 Å². The first-order valence-corrected chi connectivity index (χ1v) is 7.26. The number of anilines is 1. The number of carbonyl (C=O) groups is 1. The van der Waals surface area contributed by atoms with Crippen LogP contribution in [0.25, 0.3) is 0 Å². The number of hydrogen-bond acceptors (Lipinski definition) is 3. The van der Waals surface area contributed by atoms with E-state index in [2.05, 4.69) is 5.32 Å². The lowest BCUT2D eigenvalue weighted by molar-refractivity contribution is -0.144. The van der Waals surface area contributed by atoms with E-state index in [1.165, 1.54) is 13.2 Å². The van der Waals surface area contributed by atoms with Gasteiger partial charge < -0.3 is 15.0 Å². The van der Waals surface area contributed by atoms with E-state index in [0.29, 0.717) is 17.0 Å². The average molecular weight is 336 g/mol. The highest BCUT2D eigenvalue weighted by molar-refractivity contribution is 6.01. The first kappa shape index (κ1) is 16.2. The van der Waals surface area contributed by atoms with Crippen LogP contribution in [0.3, 0.4) is 0 Å². The quantitative estimate of drug-likeness (QED) is 0.926. The molecule has 0 aromatic heterocycles. The van der Waals surface area contributed by atoms with Crippen LogP contribution in [0.1, 0.15) is 22.1 Å². The fraction of sp³-hybridized carbons (Fsp3) is 0.235. The summed E-state index contributed by atoms with van der Waals surface area (Å²) in [5, 5.41) is 3.02. The van der Waals surface area contributed by atoms with Crippen LogP contribution in [0.2, 0.25) is 0 Å². The molecule has 3 rings (SSSR count). The van der Waals surface area contributed by atoms with E-state index in [9.17, 15) is 18.0 Å². The van der Waals surface area contributed by atoms with Gasteiger partial charge >= 0.3 is 6.18 Å². The van der Waals surface area contributed by atoms with Crippen LogP contribution < -0.4 is 10.1 Å². The summed E-state index contributed by atoms with van der Waals surface area (Å²) in [6.07, 6.45) is -5.43. The Hall–Kier alpha value is -2.70. The highest BCUT2D eigenvalue weighted by atomic mass is 19.4. The number of carbonyl (C=O) groups excluding carboxylic acids is 1. The number of methoxy groups -OCH3 is 1. The van der Waals surface area contributed by atoms with Gasteiger partial charge in [-0.2, -0.15) is 13.2 Å². The lowest BCUT2D eigenvalue weighted by atomic mass is 10.0. The number of benzene rings is 2. The normalized spacial score (nSPS) is 17.2. The number of nitrogens with one attached hydrogen (secondary N) is 1.